The van der Waals surface area contributed by atoms with Gasteiger partial charge in [0.05, 0.1) is 6.54 Å². The molecule has 1 aliphatic rings. The second-order valence-electron chi connectivity index (χ2n) is 4.19. The highest BCUT2D eigenvalue weighted by atomic mass is 32.2. The Balaban J connectivity index is 1.65. The van der Waals surface area contributed by atoms with Crippen molar-refractivity contribution in [3.8, 4) is 0 Å². The third-order valence-electron chi connectivity index (χ3n) is 2.65. The topological polar surface area (TPSA) is 27.6 Å². The monoisotopic (exact) mass is 249 g/mol. The van der Waals surface area contributed by atoms with Crippen molar-refractivity contribution in [1.29, 1.82) is 0 Å². The predicted octanol–water partition coefficient (Wildman–Crippen LogP) is 1.81. The smallest absolute Gasteiger partial charge is 0.156 e. The molecule has 0 aromatic heterocycles. The van der Waals surface area contributed by atoms with Crippen molar-refractivity contribution in [1.82, 2.24) is 10.2 Å². The average molecular weight is 249 g/mol. The van der Waals surface area contributed by atoms with Crippen LogP contribution in [0.5, 0.6) is 0 Å². The van der Waals surface area contributed by atoms with E-state index in [0.717, 1.165) is 37.1 Å². The molecule has 92 valence electrons. The number of amidine groups is 1. The zero-order valence-corrected chi connectivity index (χ0v) is 11.0. The molecule has 0 radical (unpaired) electrons. The maximum Gasteiger partial charge on any atom is 0.156 e. The standard InChI is InChI=1S/C13H19N3S/c1-16(11-12-5-3-2-4-6-12)9-7-14-13-15-8-10-17-13/h2-6H,7-11H2,1H3,(H,14,15). The summed E-state index contributed by atoms with van der Waals surface area (Å²) in [5.41, 5.74) is 1.36. The fourth-order valence-corrected chi connectivity index (χ4v) is 2.53. The number of hydrogen-bond donors (Lipinski definition) is 1. The van der Waals surface area contributed by atoms with E-state index >= 15 is 0 Å². The van der Waals surface area contributed by atoms with E-state index in [9.17, 15) is 0 Å². The Morgan fingerprint density at radius 2 is 2.18 bits per heavy atom. The van der Waals surface area contributed by atoms with E-state index in [4.69, 9.17) is 0 Å². The van der Waals surface area contributed by atoms with E-state index in [1.54, 1.807) is 0 Å². The molecule has 0 spiro atoms. The molecule has 1 aromatic carbocycles. The van der Waals surface area contributed by atoms with Gasteiger partial charge in [-0.15, -0.1) is 0 Å². The van der Waals surface area contributed by atoms with E-state index in [0.29, 0.717) is 0 Å². The van der Waals surface area contributed by atoms with Gasteiger partial charge in [-0.1, -0.05) is 42.1 Å². The van der Waals surface area contributed by atoms with Crippen LogP contribution >= 0.6 is 11.8 Å². The number of aliphatic imine (C=N–C) groups is 1. The number of nitrogens with zero attached hydrogens (tertiary/aromatic N) is 2. The molecule has 0 bridgehead atoms. The molecular weight excluding hydrogens is 230 g/mol. The van der Waals surface area contributed by atoms with Crippen LogP contribution in [0.4, 0.5) is 0 Å². The summed E-state index contributed by atoms with van der Waals surface area (Å²) in [5.74, 6) is 1.13. The maximum atomic E-state index is 4.37. The Hall–Kier alpha value is -1.00. The van der Waals surface area contributed by atoms with Crippen LogP contribution in [-0.2, 0) is 6.54 Å². The van der Waals surface area contributed by atoms with Crippen molar-refractivity contribution >= 4 is 16.9 Å². The minimum atomic E-state index is 0.965. The number of nitrogens with one attached hydrogen (secondary N) is 1. The Kier molecular flexibility index (Phi) is 4.88. The first-order chi connectivity index (χ1) is 8.34. The normalized spacial score (nSPS) is 15.1. The average Bonchev–Trinajstić information content (AvgIpc) is 2.83. The second kappa shape index (κ2) is 6.67. The van der Waals surface area contributed by atoms with Crippen LogP contribution in [0.3, 0.4) is 0 Å². The van der Waals surface area contributed by atoms with Crippen molar-refractivity contribution in [2.24, 2.45) is 4.99 Å². The fourth-order valence-electron chi connectivity index (χ4n) is 1.77. The van der Waals surface area contributed by atoms with Gasteiger partial charge in [-0.25, -0.2) is 0 Å². The van der Waals surface area contributed by atoms with E-state index in [1.165, 1.54) is 5.56 Å². The zero-order chi connectivity index (χ0) is 11.9. The lowest BCUT2D eigenvalue weighted by Gasteiger charge is -2.17. The third-order valence-corrected chi connectivity index (χ3v) is 3.58. The molecular formula is C13H19N3S. The van der Waals surface area contributed by atoms with Crippen LogP contribution in [0.25, 0.3) is 0 Å². The van der Waals surface area contributed by atoms with Gasteiger partial charge in [-0.3, -0.25) is 4.99 Å². The lowest BCUT2D eigenvalue weighted by molar-refractivity contribution is 0.332. The minimum absolute atomic E-state index is 0.965. The van der Waals surface area contributed by atoms with Gasteiger partial charge >= 0.3 is 0 Å². The van der Waals surface area contributed by atoms with Crippen molar-refractivity contribution < 1.29 is 0 Å². The second-order valence-corrected chi connectivity index (χ2v) is 5.27. The maximum absolute atomic E-state index is 4.37. The predicted molar refractivity (Wildman–Crippen MR) is 75.5 cm³/mol. The van der Waals surface area contributed by atoms with E-state index in [1.807, 2.05) is 11.8 Å². The summed E-state index contributed by atoms with van der Waals surface area (Å²) >= 11 is 1.82. The lowest BCUT2D eigenvalue weighted by Crippen LogP contribution is -2.31. The first-order valence-corrected chi connectivity index (χ1v) is 6.97. The number of likely N-dealkylation sites (N-methyl/N-ethyl adjacent to an activating group) is 1. The fraction of sp³-hybridized carbons (Fsp3) is 0.462. The summed E-state index contributed by atoms with van der Waals surface area (Å²) < 4.78 is 0. The molecule has 17 heavy (non-hydrogen) atoms. The Morgan fingerprint density at radius 1 is 1.35 bits per heavy atom. The number of rotatable bonds is 5. The van der Waals surface area contributed by atoms with Gasteiger partial charge in [-0.2, -0.15) is 0 Å². The van der Waals surface area contributed by atoms with Crippen LogP contribution in [0, 0.1) is 0 Å². The minimum Gasteiger partial charge on any atom is -0.364 e. The highest BCUT2D eigenvalue weighted by molar-refractivity contribution is 8.14. The summed E-state index contributed by atoms with van der Waals surface area (Å²) in [6.07, 6.45) is 0. The summed E-state index contributed by atoms with van der Waals surface area (Å²) in [7, 11) is 2.15. The molecule has 0 aliphatic carbocycles. The molecule has 2 rings (SSSR count). The molecule has 4 heteroatoms. The largest absolute Gasteiger partial charge is 0.364 e. The van der Waals surface area contributed by atoms with Crippen molar-refractivity contribution in [3.63, 3.8) is 0 Å². The van der Waals surface area contributed by atoms with Gasteiger partial charge in [0, 0.05) is 25.4 Å². The van der Waals surface area contributed by atoms with Crippen LogP contribution in [0.1, 0.15) is 5.56 Å². The van der Waals surface area contributed by atoms with Crippen LogP contribution < -0.4 is 5.32 Å². The molecule has 0 saturated heterocycles. The van der Waals surface area contributed by atoms with Crippen LogP contribution in [0.15, 0.2) is 35.3 Å². The molecule has 3 nitrogen and oxygen atoms in total. The van der Waals surface area contributed by atoms with Crippen molar-refractivity contribution in [2.45, 2.75) is 6.54 Å². The molecule has 0 amide bonds. The number of benzene rings is 1. The SMILES string of the molecule is CN(CCNC1=NCCS1)Cc1ccccc1. The molecule has 1 aromatic rings. The zero-order valence-electron chi connectivity index (χ0n) is 10.2. The van der Waals surface area contributed by atoms with Gasteiger partial charge in [0.25, 0.3) is 0 Å². The lowest BCUT2D eigenvalue weighted by atomic mass is 10.2. The van der Waals surface area contributed by atoms with E-state index in [2.05, 4.69) is 52.6 Å². The first-order valence-electron chi connectivity index (χ1n) is 5.98. The Labute approximate surface area is 107 Å². The quantitative estimate of drug-likeness (QED) is 0.862. The molecule has 0 unspecified atom stereocenters. The van der Waals surface area contributed by atoms with E-state index in [-0.39, 0.29) is 0 Å². The summed E-state index contributed by atoms with van der Waals surface area (Å²) in [5, 5.41) is 4.48. The van der Waals surface area contributed by atoms with E-state index < -0.39 is 0 Å². The molecule has 1 N–H and O–H groups in total. The molecule has 0 atom stereocenters. The Morgan fingerprint density at radius 3 is 2.88 bits per heavy atom. The van der Waals surface area contributed by atoms with Gasteiger partial charge in [0.15, 0.2) is 5.17 Å². The van der Waals surface area contributed by atoms with Crippen molar-refractivity contribution in [2.75, 3.05) is 32.4 Å². The van der Waals surface area contributed by atoms with Crippen LogP contribution in [-0.4, -0.2) is 42.5 Å². The van der Waals surface area contributed by atoms with Gasteiger partial charge < -0.3 is 10.2 Å². The number of hydrogen-bond acceptors (Lipinski definition) is 4. The van der Waals surface area contributed by atoms with Gasteiger partial charge in [-0.05, 0) is 12.6 Å². The first kappa shape index (κ1) is 12.5. The third kappa shape index (κ3) is 4.40. The Bertz CT molecular complexity index is 364. The van der Waals surface area contributed by atoms with Gasteiger partial charge in [0.2, 0.25) is 0 Å². The van der Waals surface area contributed by atoms with Crippen LogP contribution in [0.2, 0.25) is 0 Å². The highest BCUT2D eigenvalue weighted by Gasteiger charge is 2.06. The molecule has 0 saturated carbocycles. The molecule has 0 fully saturated rings. The van der Waals surface area contributed by atoms with Gasteiger partial charge in [0.1, 0.15) is 0 Å². The summed E-state index contributed by atoms with van der Waals surface area (Å²) in [6.45, 7) is 3.97. The summed E-state index contributed by atoms with van der Waals surface area (Å²) in [6, 6.07) is 10.6. The molecule has 1 heterocycles. The van der Waals surface area contributed by atoms with Crippen molar-refractivity contribution in [3.05, 3.63) is 35.9 Å². The summed E-state index contributed by atoms with van der Waals surface area (Å²) in [4.78, 5) is 6.69. The highest BCUT2D eigenvalue weighted by Crippen LogP contribution is 2.08. The molecule has 1 aliphatic heterocycles. The number of thioether (sulfide) groups is 1.